The van der Waals surface area contributed by atoms with Crippen LogP contribution in [0.25, 0.3) is 0 Å². The number of hydrogen-bond donors (Lipinski definition) is 1. The molecule has 1 N–H and O–H groups in total. The third-order valence-corrected chi connectivity index (χ3v) is 2.65. The summed E-state index contributed by atoms with van der Waals surface area (Å²) in [5.74, 6) is 3.13. The van der Waals surface area contributed by atoms with Gasteiger partial charge in [-0.05, 0) is 13.0 Å². The van der Waals surface area contributed by atoms with E-state index in [4.69, 9.17) is 22.8 Å². The van der Waals surface area contributed by atoms with Crippen molar-refractivity contribution >= 4 is 11.6 Å². The highest BCUT2D eigenvalue weighted by molar-refractivity contribution is 6.30. The highest BCUT2D eigenvalue weighted by Gasteiger charge is 2.16. The van der Waals surface area contributed by atoms with Crippen LogP contribution in [0.15, 0.2) is 12.3 Å². The van der Waals surface area contributed by atoms with Crippen molar-refractivity contribution in [3.8, 4) is 18.1 Å². The largest absolute Gasteiger partial charge is 0.490 e. The topological polar surface area (TPSA) is 34.1 Å². The number of rotatable bonds is 3. The number of hydrogen-bond acceptors (Lipinski definition) is 3. The Hall–Kier alpha value is -1.24. The van der Waals surface area contributed by atoms with Gasteiger partial charge in [0.25, 0.3) is 0 Å². The van der Waals surface area contributed by atoms with Crippen LogP contribution in [0.3, 0.4) is 0 Å². The molecule has 0 saturated carbocycles. The zero-order chi connectivity index (χ0) is 10.7. The zero-order valence-electron chi connectivity index (χ0n) is 8.16. The summed E-state index contributed by atoms with van der Waals surface area (Å²) in [6, 6.07) is 2.18. The molecule has 15 heavy (non-hydrogen) atoms. The van der Waals surface area contributed by atoms with E-state index in [-0.39, 0.29) is 0 Å². The van der Waals surface area contributed by atoms with Gasteiger partial charge >= 0.3 is 0 Å². The molecule has 78 valence electrons. The Bertz CT molecular complexity index is 396. The summed E-state index contributed by atoms with van der Waals surface area (Å²) in [7, 11) is 0. The highest BCUT2D eigenvalue weighted by Crippen LogP contribution is 2.18. The Labute approximate surface area is 93.8 Å². The summed E-state index contributed by atoms with van der Waals surface area (Å²) < 4.78 is 5.53. The van der Waals surface area contributed by atoms with Gasteiger partial charge in [-0.2, -0.15) is 0 Å². The molecule has 1 aromatic heterocycles. The molecule has 1 unspecified atom stereocenters. The van der Waals surface area contributed by atoms with Gasteiger partial charge in [0.15, 0.2) is 0 Å². The summed E-state index contributed by atoms with van der Waals surface area (Å²) in [6.07, 6.45) is 8.01. The van der Waals surface area contributed by atoms with Crippen LogP contribution >= 0.6 is 11.6 Å². The van der Waals surface area contributed by atoms with Gasteiger partial charge in [0, 0.05) is 12.1 Å². The number of aromatic nitrogens is 1. The molecule has 0 bridgehead atoms. The second kappa shape index (κ2) is 4.52. The molecule has 0 spiro atoms. The van der Waals surface area contributed by atoms with Gasteiger partial charge in [-0.1, -0.05) is 17.5 Å². The lowest BCUT2D eigenvalue weighted by atomic mass is 10.1. The number of pyridine rings is 1. The van der Waals surface area contributed by atoms with Gasteiger partial charge in [-0.15, -0.1) is 6.42 Å². The van der Waals surface area contributed by atoms with Crippen LogP contribution in [0, 0.1) is 12.3 Å². The van der Waals surface area contributed by atoms with Gasteiger partial charge in [-0.25, -0.2) is 4.98 Å². The van der Waals surface area contributed by atoms with Crippen molar-refractivity contribution in [1.29, 1.82) is 0 Å². The Balaban J connectivity index is 1.99. The van der Waals surface area contributed by atoms with E-state index in [9.17, 15) is 0 Å². The monoisotopic (exact) mass is 222 g/mol. The molecule has 1 aromatic rings. The fourth-order valence-corrected chi connectivity index (χ4v) is 1.45. The highest BCUT2D eigenvalue weighted by atomic mass is 35.5. The van der Waals surface area contributed by atoms with E-state index >= 15 is 0 Å². The third kappa shape index (κ3) is 2.41. The van der Waals surface area contributed by atoms with Gasteiger partial charge in [0.1, 0.15) is 17.5 Å². The first-order valence-corrected chi connectivity index (χ1v) is 5.15. The van der Waals surface area contributed by atoms with Crippen molar-refractivity contribution in [2.75, 3.05) is 13.2 Å². The second-order valence-electron chi connectivity index (χ2n) is 3.40. The summed E-state index contributed by atoms with van der Waals surface area (Å²) in [4.78, 5) is 3.95. The van der Waals surface area contributed by atoms with Crippen LogP contribution in [-0.2, 0) is 0 Å². The van der Waals surface area contributed by atoms with Crippen LogP contribution in [0.1, 0.15) is 12.0 Å². The van der Waals surface area contributed by atoms with E-state index < -0.39 is 0 Å². The summed E-state index contributed by atoms with van der Waals surface area (Å²) >= 11 is 5.78. The minimum atomic E-state index is 0.339. The fraction of sp³-hybridized carbons (Fsp3) is 0.364. The van der Waals surface area contributed by atoms with E-state index in [0.29, 0.717) is 29.1 Å². The maximum atomic E-state index is 5.78. The Morgan fingerprint density at radius 3 is 3.13 bits per heavy atom. The second-order valence-corrected chi connectivity index (χ2v) is 3.76. The standard InChI is InChI=1S/C11H11ClN2O/c1-2-8-5-10(6-14-11(8)12)15-7-9-3-4-13-9/h1,5-6,9,13H,3-4,7H2. The molecule has 1 aliphatic heterocycles. The normalized spacial score (nSPS) is 19.1. The van der Waals surface area contributed by atoms with Gasteiger partial charge in [-0.3, -0.25) is 0 Å². The van der Waals surface area contributed by atoms with E-state index in [0.717, 1.165) is 13.0 Å². The average Bonchev–Trinajstić information content (AvgIpc) is 2.18. The van der Waals surface area contributed by atoms with Crippen molar-refractivity contribution in [2.24, 2.45) is 0 Å². The number of nitrogens with one attached hydrogen (secondary N) is 1. The van der Waals surface area contributed by atoms with Gasteiger partial charge < -0.3 is 10.1 Å². The van der Waals surface area contributed by atoms with Gasteiger partial charge in [0.2, 0.25) is 0 Å². The molecular weight excluding hydrogens is 212 g/mol. The fourth-order valence-electron chi connectivity index (χ4n) is 1.30. The third-order valence-electron chi connectivity index (χ3n) is 2.35. The number of ether oxygens (including phenoxy) is 1. The molecule has 1 saturated heterocycles. The van der Waals surface area contributed by atoms with Crippen LogP contribution in [0.2, 0.25) is 5.15 Å². The molecule has 1 atom stereocenters. The van der Waals surface area contributed by atoms with Crippen LogP contribution in [-0.4, -0.2) is 24.2 Å². The van der Waals surface area contributed by atoms with Crippen LogP contribution in [0.4, 0.5) is 0 Å². The first-order chi connectivity index (χ1) is 7.29. The van der Waals surface area contributed by atoms with Crippen molar-refractivity contribution in [1.82, 2.24) is 10.3 Å². The maximum absolute atomic E-state index is 5.78. The lowest BCUT2D eigenvalue weighted by Crippen LogP contribution is -2.46. The molecular formula is C11H11ClN2O. The molecule has 1 aliphatic rings. The quantitative estimate of drug-likeness (QED) is 0.621. The smallest absolute Gasteiger partial charge is 0.144 e. The van der Waals surface area contributed by atoms with Crippen molar-refractivity contribution in [2.45, 2.75) is 12.5 Å². The summed E-state index contributed by atoms with van der Waals surface area (Å²) in [5, 5.41) is 3.58. The lowest BCUT2D eigenvalue weighted by Gasteiger charge is -2.27. The maximum Gasteiger partial charge on any atom is 0.144 e. The van der Waals surface area contributed by atoms with E-state index in [1.807, 2.05) is 0 Å². The number of terminal acetylenes is 1. The van der Waals surface area contributed by atoms with Crippen molar-refractivity contribution < 1.29 is 4.74 Å². The summed E-state index contributed by atoms with van der Waals surface area (Å²) in [6.45, 7) is 1.72. The van der Waals surface area contributed by atoms with E-state index in [1.165, 1.54) is 0 Å². The van der Waals surface area contributed by atoms with Crippen molar-refractivity contribution in [3.05, 3.63) is 23.0 Å². The molecule has 0 aromatic carbocycles. The minimum Gasteiger partial charge on any atom is -0.490 e. The molecule has 0 amide bonds. The minimum absolute atomic E-state index is 0.339. The predicted octanol–water partition coefficient (Wildman–Crippen LogP) is 1.46. The number of halogens is 1. The molecule has 0 aliphatic carbocycles. The molecule has 1 fully saturated rings. The van der Waals surface area contributed by atoms with E-state index in [1.54, 1.807) is 12.3 Å². The Morgan fingerprint density at radius 1 is 1.73 bits per heavy atom. The molecule has 3 nitrogen and oxygen atoms in total. The molecule has 0 radical (unpaired) electrons. The van der Waals surface area contributed by atoms with Gasteiger partial charge in [0.05, 0.1) is 11.8 Å². The van der Waals surface area contributed by atoms with Crippen LogP contribution < -0.4 is 10.1 Å². The molecule has 4 heteroatoms. The lowest BCUT2D eigenvalue weighted by molar-refractivity contribution is 0.217. The SMILES string of the molecule is C#Cc1cc(OCC2CCN2)cnc1Cl. The number of nitrogens with zero attached hydrogens (tertiary/aromatic N) is 1. The zero-order valence-corrected chi connectivity index (χ0v) is 8.92. The predicted molar refractivity (Wildman–Crippen MR) is 59.1 cm³/mol. The van der Waals surface area contributed by atoms with Crippen molar-refractivity contribution in [3.63, 3.8) is 0 Å². The Kier molecular flexibility index (Phi) is 3.10. The average molecular weight is 223 g/mol. The van der Waals surface area contributed by atoms with Crippen LogP contribution in [0.5, 0.6) is 5.75 Å². The first-order valence-electron chi connectivity index (χ1n) is 4.78. The first kappa shape index (κ1) is 10.3. The summed E-state index contributed by atoms with van der Waals surface area (Å²) in [5.41, 5.74) is 0.565. The molecule has 2 rings (SSSR count). The molecule has 2 heterocycles. The Morgan fingerprint density at radius 2 is 2.53 bits per heavy atom. The van der Waals surface area contributed by atoms with E-state index in [2.05, 4.69) is 16.2 Å².